The van der Waals surface area contributed by atoms with Crippen molar-refractivity contribution >= 4 is 37.3 Å². The normalized spacial score (nSPS) is 11.3. The molecule has 0 atom stereocenters. The predicted octanol–water partition coefficient (Wildman–Crippen LogP) is 3.11. The second-order valence-corrected chi connectivity index (χ2v) is 6.48. The molecular formula is C12H9BrF2N2O2S. The Bertz CT molecular complexity index is 749. The molecule has 0 aliphatic rings. The fourth-order valence-corrected chi connectivity index (χ4v) is 2.90. The molecule has 8 heteroatoms. The number of nitrogens with two attached hydrogens (primary N) is 1. The van der Waals surface area contributed by atoms with Crippen molar-refractivity contribution in [1.82, 2.24) is 0 Å². The highest BCUT2D eigenvalue weighted by Gasteiger charge is 2.21. The van der Waals surface area contributed by atoms with Crippen LogP contribution >= 0.6 is 15.9 Å². The molecule has 0 bridgehead atoms. The quantitative estimate of drug-likeness (QED) is 0.824. The van der Waals surface area contributed by atoms with Crippen molar-refractivity contribution in [3.05, 3.63) is 52.5 Å². The molecule has 2 aromatic carbocycles. The summed E-state index contributed by atoms with van der Waals surface area (Å²) in [6.45, 7) is 0. The van der Waals surface area contributed by atoms with E-state index < -0.39 is 32.2 Å². The van der Waals surface area contributed by atoms with Crippen LogP contribution in [0.2, 0.25) is 0 Å². The highest BCUT2D eigenvalue weighted by Crippen LogP contribution is 2.24. The van der Waals surface area contributed by atoms with Crippen molar-refractivity contribution in [3.63, 3.8) is 0 Å². The number of benzene rings is 2. The molecule has 0 saturated carbocycles. The number of nitrogens with one attached hydrogen (secondary N) is 1. The zero-order chi connectivity index (χ0) is 14.9. The maximum atomic E-state index is 13.6. The van der Waals surface area contributed by atoms with Crippen LogP contribution in [0.3, 0.4) is 0 Å². The van der Waals surface area contributed by atoms with Gasteiger partial charge in [-0.1, -0.05) is 15.9 Å². The Kier molecular flexibility index (Phi) is 3.96. The van der Waals surface area contributed by atoms with E-state index in [1.807, 2.05) is 0 Å². The second kappa shape index (κ2) is 5.37. The average molecular weight is 363 g/mol. The summed E-state index contributed by atoms with van der Waals surface area (Å²) in [5.74, 6) is -2.22. The van der Waals surface area contributed by atoms with Gasteiger partial charge < -0.3 is 5.73 Å². The molecule has 2 rings (SSSR count). The highest BCUT2D eigenvalue weighted by atomic mass is 79.9. The fraction of sp³-hybridized carbons (Fsp3) is 0. The maximum absolute atomic E-state index is 13.6. The van der Waals surface area contributed by atoms with Gasteiger partial charge in [0.05, 0.1) is 5.69 Å². The van der Waals surface area contributed by atoms with Crippen LogP contribution in [-0.2, 0) is 10.0 Å². The number of nitrogen functional groups attached to an aromatic ring is 1. The van der Waals surface area contributed by atoms with Gasteiger partial charge in [0.25, 0.3) is 10.0 Å². The summed E-state index contributed by atoms with van der Waals surface area (Å²) >= 11 is 3.20. The fourth-order valence-electron chi connectivity index (χ4n) is 1.48. The number of sulfonamides is 1. The third-order valence-corrected chi connectivity index (χ3v) is 4.36. The molecule has 0 aromatic heterocycles. The molecule has 0 radical (unpaired) electrons. The molecule has 0 amide bonds. The van der Waals surface area contributed by atoms with E-state index in [4.69, 9.17) is 5.73 Å². The molecule has 0 spiro atoms. The Balaban J connectivity index is 2.40. The molecule has 4 nitrogen and oxygen atoms in total. The van der Waals surface area contributed by atoms with Crippen LogP contribution in [-0.4, -0.2) is 8.42 Å². The van der Waals surface area contributed by atoms with Gasteiger partial charge in [0, 0.05) is 16.2 Å². The second-order valence-electron chi connectivity index (χ2n) is 3.92. The molecule has 0 heterocycles. The topological polar surface area (TPSA) is 72.2 Å². The van der Waals surface area contributed by atoms with E-state index in [9.17, 15) is 17.2 Å². The van der Waals surface area contributed by atoms with Gasteiger partial charge >= 0.3 is 0 Å². The van der Waals surface area contributed by atoms with E-state index in [1.165, 1.54) is 12.1 Å². The first-order valence-corrected chi connectivity index (χ1v) is 7.60. The van der Waals surface area contributed by atoms with Gasteiger partial charge in [-0.25, -0.2) is 17.2 Å². The number of halogens is 3. The van der Waals surface area contributed by atoms with Gasteiger partial charge in [-0.3, -0.25) is 4.72 Å². The van der Waals surface area contributed by atoms with Crippen molar-refractivity contribution in [1.29, 1.82) is 0 Å². The summed E-state index contributed by atoms with van der Waals surface area (Å²) in [7, 11) is -4.18. The first-order chi connectivity index (χ1) is 9.29. The van der Waals surface area contributed by atoms with Gasteiger partial charge in [0.15, 0.2) is 0 Å². The molecule has 3 N–H and O–H groups in total. The van der Waals surface area contributed by atoms with Crippen molar-refractivity contribution in [2.75, 3.05) is 10.5 Å². The number of hydrogen-bond donors (Lipinski definition) is 2. The SMILES string of the molecule is Nc1cc(S(=O)(=O)Nc2ccc(Br)cc2)c(F)cc1F. The maximum Gasteiger partial charge on any atom is 0.264 e. The highest BCUT2D eigenvalue weighted by molar-refractivity contribution is 9.10. The minimum absolute atomic E-state index is 0.246. The molecular weight excluding hydrogens is 354 g/mol. The van der Waals surface area contributed by atoms with E-state index in [-0.39, 0.29) is 5.69 Å². The monoisotopic (exact) mass is 362 g/mol. The van der Waals surface area contributed by atoms with Gasteiger partial charge in [-0.05, 0) is 30.3 Å². The molecule has 0 saturated heterocycles. The van der Waals surface area contributed by atoms with E-state index in [0.717, 1.165) is 10.5 Å². The van der Waals surface area contributed by atoms with Crippen molar-refractivity contribution in [3.8, 4) is 0 Å². The lowest BCUT2D eigenvalue weighted by atomic mass is 10.3. The molecule has 0 aliphatic heterocycles. The first-order valence-electron chi connectivity index (χ1n) is 5.32. The van der Waals surface area contributed by atoms with Gasteiger partial charge in [0.1, 0.15) is 16.5 Å². The van der Waals surface area contributed by atoms with Gasteiger partial charge in [-0.15, -0.1) is 0 Å². The van der Waals surface area contributed by atoms with Gasteiger partial charge in [0.2, 0.25) is 0 Å². The molecule has 20 heavy (non-hydrogen) atoms. The summed E-state index contributed by atoms with van der Waals surface area (Å²) in [6.07, 6.45) is 0. The van der Waals surface area contributed by atoms with Crippen molar-refractivity contribution in [2.45, 2.75) is 4.90 Å². The van der Waals surface area contributed by atoms with E-state index >= 15 is 0 Å². The van der Waals surface area contributed by atoms with Gasteiger partial charge in [-0.2, -0.15) is 0 Å². The van der Waals surface area contributed by atoms with Crippen LogP contribution in [0, 0.1) is 11.6 Å². The largest absolute Gasteiger partial charge is 0.396 e. The van der Waals surface area contributed by atoms with E-state index in [1.54, 1.807) is 12.1 Å². The lowest BCUT2D eigenvalue weighted by molar-refractivity contribution is 0.553. The zero-order valence-corrected chi connectivity index (χ0v) is 12.3. The smallest absolute Gasteiger partial charge is 0.264 e. The van der Waals surface area contributed by atoms with E-state index in [0.29, 0.717) is 6.07 Å². The third kappa shape index (κ3) is 3.07. The minimum Gasteiger partial charge on any atom is -0.396 e. The summed E-state index contributed by atoms with van der Waals surface area (Å²) in [5.41, 5.74) is 5.06. The lowest BCUT2D eigenvalue weighted by Gasteiger charge is -2.10. The Labute approximate surface area is 122 Å². The molecule has 0 aliphatic carbocycles. The van der Waals surface area contributed by atoms with Crippen LogP contribution < -0.4 is 10.5 Å². The Hall–Kier alpha value is -1.67. The molecule has 0 unspecified atom stereocenters. The Morgan fingerprint density at radius 2 is 1.65 bits per heavy atom. The number of rotatable bonds is 3. The molecule has 106 valence electrons. The number of anilines is 2. The van der Waals surface area contributed by atoms with E-state index in [2.05, 4.69) is 20.7 Å². The average Bonchev–Trinajstić information content (AvgIpc) is 2.36. The van der Waals surface area contributed by atoms with Crippen LogP contribution in [0.4, 0.5) is 20.2 Å². The minimum atomic E-state index is -4.18. The lowest BCUT2D eigenvalue weighted by Crippen LogP contribution is -2.15. The third-order valence-electron chi connectivity index (χ3n) is 2.44. The van der Waals surface area contributed by atoms with Crippen LogP contribution in [0.25, 0.3) is 0 Å². The standard InChI is InChI=1S/C12H9BrF2N2O2S/c13-7-1-3-8(4-2-7)17-20(18,19)12-6-11(16)9(14)5-10(12)15/h1-6,17H,16H2. The summed E-state index contributed by atoms with van der Waals surface area (Å²) in [5, 5.41) is 0. The molecule has 0 fully saturated rings. The summed E-state index contributed by atoms with van der Waals surface area (Å²) in [4.78, 5) is -0.709. The van der Waals surface area contributed by atoms with Crippen LogP contribution in [0.5, 0.6) is 0 Å². The van der Waals surface area contributed by atoms with Crippen LogP contribution in [0.1, 0.15) is 0 Å². The van der Waals surface area contributed by atoms with Crippen LogP contribution in [0.15, 0.2) is 45.8 Å². The van der Waals surface area contributed by atoms with Crippen molar-refractivity contribution < 1.29 is 17.2 Å². The Morgan fingerprint density at radius 3 is 2.25 bits per heavy atom. The van der Waals surface area contributed by atoms with Crippen molar-refractivity contribution in [2.24, 2.45) is 0 Å². The summed E-state index contributed by atoms with van der Waals surface area (Å²) < 4.78 is 53.6. The summed E-state index contributed by atoms with van der Waals surface area (Å²) in [6, 6.07) is 7.40. The Morgan fingerprint density at radius 1 is 1.05 bits per heavy atom. The zero-order valence-electron chi connectivity index (χ0n) is 9.90. The predicted molar refractivity (Wildman–Crippen MR) is 75.7 cm³/mol. The first kappa shape index (κ1) is 14.7. The number of hydrogen-bond acceptors (Lipinski definition) is 3. The molecule has 2 aromatic rings.